The van der Waals surface area contributed by atoms with Crippen LogP contribution in [0.1, 0.15) is 43.8 Å². The lowest BCUT2D eigenvalue weighted by Crippen LogP contribution is -2.36. The van der Waals surface area contributed by atoms with Crippen molar-refractivity contribution in [1.29, 1.82) is 5.26 Å². The Balaban J connectivity index is 1.54. The van der Waals surface area contributed by atoms with E-state index in [9.17, 15) is 4.79 Å². The SMILES string of the molecule is CC(C)c1nc(CC(=O)N[C@@H](C)Cn2ccc(-c3ccc(C#N)c(Cl)c3)n2)cn1COCC[Si](C)(C)C. The number of nitrogens with one attached hydrogen (secondary N) is 1. The van der Waals surface area contributed by atoms with Gasteiger partial charge in [-0.1, -0.05) is 51.2 Å². The molecule has 0 aliphatic carbocycles. The van der Waals surface area contributed by atoms with E-state index >= 15 is 0 Å². The molecule has 0 saturated heterocycles. The summed E-state index contributed by atoms with van der Waals surface area (Å²) in [5.74, 6) is 1.07. The van der Waals surface area contributed by atoms with E-state index in [1.165, 1.54) is 0 Å². The number of carbonyl (C=O) groups is 1. The van der Waals surface area contributed by atoms with E-state index in [1.54, 1.807) is 16.8 Å². The first-order valence-corrected chi connectivity index (χ1v) is 16.7. The van der Waals surface area contributed by atoms with Crippen LogP contribution in [0.3, 0.4) is 0 Å². The van der Waals surface area contributed by atoms with Gasteiger partial charge >= 0.3 is 0 Å². The molecule has 10 heteroatoms. The molecule has 0 fully saturated rings. The minimum atomic E-state index is -1.14. The maximum absolute atomic E-state index is 12.7. The number of amides is 1. The van der Waals surface area contributed by atoms with Crippen LogP contribution < -0.4 is 5.32 Å². The fourth-order valence-corrected chi connectivity index (χ4v) is 4.86. The highest BCUT2D eigenvalue weighted by Gasteiger charge is 2.17. The van der Waals surface area contributed by atoms with Crippen LogP contribution in [-0.2, 0) is 29.2 Å². The minimum absolute atomic E-state index is 0.0849. The zero-order chi connectivity index (χ0) is 27.2. The summed E-state index contributed by atoms with van der Waals surface area (Å²) in [4.78, 5) is 17.4. The molecular formula is C27H37ClN6O2Si. The number of halogens is 1. The Labute approximate surface area is 225 Å². The molecule has 2 aromatic heterocycles. The molecule has 37 heavy (non-hydrogen) atoms. The summed E-state index contributed by atoms with van der Waals surface area (Å²) in [6.45, 7) is 14.9. The summed E-state index contributed by atoms with van der Waals surface area (Å²) in [7, 11) is -1.14. The molecule has 0 aliphatic heterocycles. The van der Waals surface area contributed by atoms with Crippen LogP contribution in [0.25, 0.3) is 11.3 Å². The third-order valence-corrected chi connectivity index (χ3v) is 7.85. The number of nitriles is 1. The molecule has 0 unspecified atom stereocenters. The van der Waals surface area contributed by atoms with Gasteiger partial charge in [0.15, 0.2) is 0 Å². The highest BCUT2D eigenvalue weighted by Crippen LogP contribution is 2.24. The Morgan fingerprint density at radius 2 is 2.00 bits per heavy atom. The average Bonchev–Trinajstić information content (AvgIpc) is 3.43. The zero-order valence-corrected chi connectivity index (χ0v) is 24.3. The third-order valence-electron chi connectivity index (χ3n) is 5.84. The summed E-state index contributed by atoms with van der Waals surface area (Å²) >= 11 is 6.15. The lowest BCUT2D eigenvalue weighted by molar-refractivity contribution is -0.121. The molecule has 8 nitrogen and oxygen atoms in total. The zero-order valence-electron chi connectivity index (χ0n) is 22.6. The smallest absolute Gasteiger partial charge is 0.226 e. The number of hydrogen-bond donors (Lipinski definition) is 1. The number of benzene rings is 1. The number of aromatic nitrogens is 4. The fourth-order valence-electron chi connectivity index (χ4n) is 3.88. The summed E-state index contributed by atoms with van der Waals surface area (Å²) in [6, 6.07) is 10.2. The van der Waals surface area contributed by atoms with Gasteiger partial charge < -0.3 is 14.6 Å². The lowest BCUT2D eigenvalue weighted by atomic mass is 10.1. The van der Waals surface area contributed by atoms with Crippen molar-refractivity contribution >= 4 is 25.6 Å². The van der Waals surface area contributed by atoms with Crippen molar-refractivity contribution < 1.29 is 9.53 Å². The van der Waals surface area contributed by atoms with Gasteiger partial charge in [-0.2, -0.15) is 10.4 Å². The van der Waals surface area contributed by atoms with Gasteiger partial charge in [-0.15, -0.1) is 0 Å². The van der Waals surface area contributed by atoms with Crippen LogP contribution in [0.15, 0.2) is 36.7 Å². The average molecular weight is 541 g/mol. The monoisotopic (exact) mass is 540 g/mol. The number of imidazole rings is 1. The molecule has 0 spiro atoms. The Kier molecular flexibility index (Phi) is 9.71. The second kappa shape index (κ2) is 12.5. The first-order chi connectivity index (χ1) is 17.4. The Morgan fingerprint density at radius 1 is 1.24 bits per heavy atom. The molecule has 198 valence electrons. The summed E-state index contributed by atoms with van der Waals surface area (Å²) < 4.78 is 9.72. The molecule has 1 amide bonds. The van der Waals surface area contributed by atoms with Gasteiger partial charge in [-0.05, 0) is 31.2 Å². The number of carbonyl (C=O) groups excluding carboxylic acids is 1. The highest BCUT2D eigenvalue weighted by molar-refractivity contribution is 6.76. The predicted octanol–water partition coefficient (Wildman–Crippen LogP) is 5.45. The van der Waals surface area contributed by atoms with E-state index in [0.29, 0.717) is 23.9 Å². The maximum atomic E-state index is 12.7. The topological polar surface area (TPSA) is 97.8 Å². The van der Waals surface area contributed by atoms with Gasteiger partial charge in [0.05, 0.1) is 34.9 Å². The van der Waals surface area contributed by atoms with E-state index in [0.717, 1.165) is 35.4 Å². The van der Waals surface area contributed by atoms with E-state index < -0.39 is 8.07 Å². The quantitative estimate of drug-likeness (QED) is 0.243. The van der Waals surface area contributed by atoms with Crippen molar-refractivity contribution in [1.82, 2.24) is 24.6 Å². The predicted molar refractivity (Wildman–Crippen MR) is 149 cm³/mol. The van der Waals surface area contributed by atoms with Crippen molar-refractivity contribution in [3.63, 3.8) is 0 Å². The van der Waals surface area contributed by atoms with Crippen molar-refractivity contribution in [3.8, 4) is 17.3 Å². The van der Waals surface area contributed by atoms with E-state index in [2.05, 4.69) is 50.0 Å². The summed E-state index contributed by atoms with van der Waals surface area (Å²) in [5, 5.41) is 17.1. The number of rotatable bonds is 12. The van der Waals surface area contributed by atoms with E-state index in [1.807, 2.05) is 36.0 Å². The van der Waals surface area contributed by atoms with E-state index in [4.69, 9.17) is 26.6 Å². The second-order valence-corrected chi connectivity index (χ2v) is 17.0. The molecule has 0 bridgehead atoms. The van der Waals surface area contributed by atoms with Crippen molar-refractivity contribution in [2.45, 2.75) is 78.1 Å². The van der Waals surface area contributed by atoms with Gasteiger partial charge in [0.25, 0.3) is 0 Å². The number of hydrogen-bond acceptors (Lipinski definition) is 5. The van der Waals surface area contributed by atoms with Crippen LogP contribution in [0.4, 0.5) is 0 Å². The Bertz CT molecular complexity index is 1250. The first-order valence-electron chi connectivity index (χ1n) is 12.6. The number of nitrogens with zero attached hydrogens (tertiary/aromatic N) is 5. The highest BCUT2D eigenvalue weighted by atomic mass is 35.5. The normalized spacial score (nSPS) is 12.5. The minimum Gasteiger partial charge on any atom is -0.361 e. The van der Waals surface area contributed by atoms with Gasteiger partial charge in [0, 0.05) is 44.6 Å². The first kappa shape index (κ1) is 28.6. The molecular weight excluding hydrogens is 504 g/mol. The van der Waals surface area contributed by atoms with Crippen molar-refractivity contribution in [3.05, 3.63) is 58.8 Å². The number of ether oxygens (including phenoxy) is 1. The largest absolute Gasteiger partial charge is 0.361 e. The molecule has 1 aromatic carbocycles. The fraction of sp³-hybridized carbons (Fsp3) is 0.481. The van der Waals surface area contributed by atoms with Crippen LogP contribution in [0.2, 0.25) is 30.7 Å². The molecule has 3 rings (SSSR count). The van der Waals surface area contributed by atoms with Gasteiger partial charge in [0.2, 0.25) is 5.91 Å². The Morgan fingerprint density at radius 3 is 2.65 bits per heavy atom. The van der Waals surface area contributed by atoms with E-state index in [-0.39, 0.29) is 24.3 Å². The maximum Gasteiger partial charge on any atom is 0.226 e. The van der Waals surface area contributed by atoms with Crippen molar-refractivity contribution in [2.24, 2.45) is 0 Å². The summed E-state index contributed by atoms with van der Waals surface area (Å²) in [6.07, 6.45) is 4.00. The van der Waals surface area contributed by atoms with Gasteiger partial charge in [-0.3, -0.25) is 9.48 Å². The standard InChI is InChI=1S/C27H37ClN6O2Si/c1-19(2)27-31-23(17-33(27)18-36-11-12-37(4,5)6)14-26(35)30-20(3)16-34-10-9-25(32-34)21-7-8-22(15-29)24(28)13-21/h7-10,13,17,19-20H,11-12,14,16,18H2,1-6H3,(H,30,35)/t20-/m0/s1. The molecule has 1 N–H and O–H groups in total. The van der Waals surface area contributed by atoms with Crippen LogP contribution in [-0.4, -0.2) is 46.0 Å². The summed E-state index contributed by atoms with van der Waals surface area (Å²) in [5.41, 5.74) is 2.76. The van der Waals surface area contributed by atoms with Gasteiger partial charge in [-0.25, -0.2) is 4.98 Å². The molecule has 0 saturated carbocycles. The lowest BCUT2D eigenvalue weighted by Gasteiger charge is -2.16. The van der Waals surface area contributed by atoms with Crippen LogP contribution >= 0.6 is 11.6 Å². The molecule has 2 heterocycles. The third kappa shape index (κ3) is 8.56. The molecule has 0 radical (unpaired) electrons. The van der Waals surface area contributed by atoms with Crippen LogP contribution in [0.5, 0.6) is 0 Å². The van der Waals surface area contributed by atoms with Crippen molar-refractivity contribution in [2.75, 3.05) is 6.61 Å². The Hall–Kier alpha value is -2.93. The molecule has 1 atom stereocenters. The molecule has 0 aliphatic rings. The van der Waals surface area contributed by atoms with Crippen LogP contribution in [0, 0.1) is 11.3 Å². The molecule has 3 aromatic rings. The second-order valence-electron chi connectivity index (χ2n) is 10.9. The van der Waals surface area contributed by atoms with Gasteiger partial charge in [0.1, 0.15) is 18.6 Å².